The second-order valence-electron chi connectivity index (χ2n) is 5.57. The summed E-state index contributed by atoms with van der Waals surface area (Å²) in [6.07, 6.45) is 0. The predicted molar refractivity (Wildman–Crippen MR) is 102 cm³/mol. The second kappa shape index (κ2) is 10.3. The summed E-state index contributed by atoms with van der Waals surface area (Å²) in [5, 5.41) is 0. The molecule has 0 fully saturated rings. The van der Waals surface area contributed by atoms with Crippen LogP contribution in [0.1, 0.15) is 11.1 Å². The van der Waals surface area contributed by atoms with Gasteiger partial charge in [0.25, 0.3) is 0 Å². The van der Waals surface area contributed by atoms with Gasteiger partial charge in [-0.1, -0.05) is 49.0 Å². The highest BCUT2D eigenvalue weighted by Crippen LogP contribution is 2.20. The maximum atomic E-state index is 9.75. The van der Waals surface area contributed by atoms with Crippen molar-refractivity contribution in [3.8, 4) is 5.75 Å². The Hall–Kier alpha value is -2.29. The summed E-state index contributed by atoms with van der Waals surface area (Å²) >= 11 is -0.253. The fraction of sp³-hybridized carbons (Fsp3) is 0.0476. The van der Waals surface area contributed by atoms with Crippen LogP contribution in [0.2, 0.25) is 0 Å². The molecule has 28 heavy (non-hydrogen) atoms. The molecule has 3 aromatic rings. The molecular formula is C21H18BF4IO. The standard InChI is InChI=1S/C21H18IO.BF4/c1-16(17-8-4-3-5-9-17)20-10-6-7-11-21(20)22-18-12-14-19(23-2)15-13-18;2-1(3,4)5/h3-15H,1H2,2H3;/q+1;-1. The summed E-state index contributed by atoms with van der Waals surface area (Å²) in [6.45, 7) is 4.32. The van der Waals surface area contributed by atoms with Gasteiger partial charge in [0.2, 0.25) is 3.57 Å². The lowest BCUT2D eigenvalue weighted by atomic mass is 10.00. The fourth-order valence-electron chi connectivity index (χ4n) is 2.33. The zero-order valence-electron chi connectivity index (χ0n) is 15.1. The van der Waals surface area contributed by atoms with Crippen LogP contribution in [0.25, 0.3) is 5.57 Å². The van der Waals surface area contributed by atoms with Crippen LogP contribution in [-0.4, -0.2) is 14.4 Å². The molecule has 0 saturated heterocycles. The monoisotopic (exact) mass is 500 g/mol. The van der Waals surface area contributed by atoms with E-state index in [1.54, 1.807) is 7.11 Å². The summed E-state index contributed by atoms with van der Waals surface area (Å²) < 4.78 is 47.0. The highest BCUT2D eigenvalue weighted by molar-refractivity contribution is 6.50. The lowest BCUT2D eigenvalue weighted by molar-refractivity contribution is -0.597. The van der Waals surface area contributed by atoms with Crippen molar-refractivity contribution in [2.24, 2.45) is 0 Å². The molecule has 0 spiro atoms. The molecule has 0 atom stereocenters. The Morgan fingerprint density at radius 2 is 1.36 bits per heavy atom. The van der Waals surface area contributed by atoms with E-state index < -0.39 is 7.25 Å². The van der Waals surface area contributed by atoms with Gasteiger partial charge in [0.05, 0.1) is 7.11 Å². The van der Waals surface area contributed by atoms with Gasteiger partial charge in [-0.3, -0.25) is 0 Å². The normalized spacial score (nSPS) is 10.6. The Kier molecular flexibility index (Phi) is 8.11. The largest absolute Gasteiger partial charge is 0.673 e. The van der Waals surface area contributed by atoms with Crippen LogP contribution in [0.4, 0.5) is 17.3 Å². The molecule has 0 heterocycles. The Morgan fingerprint density at radius 1 is 0.821 bits per heavy atom. The molecule has 3 aromatic carbocycles. The zero-order valence-corrected chi connectivity index (χ0v) is 17.2. The Balaban J connectivity index is 0.000000500. The van der Waals surface area contributed by atoms with Crippen molar-refractivity contribution in [2.45, 2.75) is 0 Å². The summed E-state index contributed by atoms with van der Waals surface area (Å²) in [4.78, 5) is 0. The van der Waals surface area contributed by atoms with Crippen LogP contribution in [-0.2, 0) is 0 Å². The number of methoxy groups -OCH3 is 1. The third-order valence-corrected chi connectivity index (χ3v) is 6.45. The van der Waals surface area contributed by atoms with Gasteiger partial charge in [-0.2, -0.15) is 0 Å². The quantitative estimate of drug-likeness (QED) is 0.298. The van der Waals surface area contributed by atoms with E-state index in [9.17, 15) is 17.3 Å². The molecule has 0 aliphatic carbocycles. The van der Waals surface area contributed by atoms with E-state index in [2.05, 4.69) is 67.2 Å². The molecule has 0 bridgehead atoms. The number of hydrogen-bond donors (Lipinski definition) is 0. The summed E-state index contributed by atoms with van der Waals surface area (Å²) in [7, 11) is -4.30. The predicted octanol–water partition coefficient (Wildman–Crippen LogP) is 3.19. The van der Waals surface area contributed by atoms with Crippen LogP contribution in [0.15, 0.2) is 85.4 Å². The van der Waals surface area contributed by atoms with Crippen molar-refractivity contribution < 1.29 is 43.2 Å². The van der Waals surface area contributed by atoms with E-state index in [1.165, 1.54) is 18.3 Å². The number of halogens is 5. The Morgan fingerprint density at radius 3 is 1.93 bits per heavy atom. The van der Waals surface area contributed by atoms with Crippen LogP contribution in [0, 0.1) is 7.14 Å². The fourth-order valence-corrected chi connectivity index (χ4v) is 4.91. The summed E-state index contributed by atoms with van der Waals surface area (Å²) in [6, 6.07) is 27.4. The van der Waals surface area contributed by atoms with Crippen molar-refractivity contribution in [3.05, 3.63) is 104 Å². The van der Waals surface area contributed by atoms with Crippen LogP contribution in [0.3, 0.4) is 0 Å². The molecule has 0 aromatic heterocycles. The second-order valence-corrected chi connectivity index (χ2v) is 8.52. The van der Waals surface area contributed by atoms with Crippen molar-refractivity contribution in [2.75, 3.05) is 7.11 Å². The molecule has 1 nitrogen and oxygen atoms in total. The third kappa shape index (κ3) is 7.38. The van der Waals surface area contributed by atoms with E-state index in [0.717, 1.165) is 11.3 Å². The Bertz CT molecular complexity index is 890. The van der Waals surface area contributed by atoms with E-state index in [-0.39, 0.29) is 21.2 Å². The molecule has 3 rings (SSSR count). The minimum atomic E-state index is -6.00. The van der Waals surface area contributed by atoms with Gasteiger partial charge >= 0.3 is 28.5 Å². The topological polar surface area (TPSA) is 9.23 Å². The van der Waals surface area contributed by atoms with Gasteiger partial charge < -0.3 is 22.0 Å². The molecule has 0 radical (unpaired) electrons. The van der Waals surface area contributed by atoms with Gasteiger partial charge in [-0.05, 0) is 47.5 Å². The van der Waals surface area contributed by atoms with Crippen molar-refractivity contribution in [3.63, 3.8) is 0 Å². The van der Waals surface area contributed by atoms with Crippen LogP contribution >= 0.6 is 0 Å². The van der Waals surface area contributed by atoms with Crippen molar-refractivity contribution >= 4 is 12.8 Å². The molecule has 7 heteroatoms. The first-order valence-electron chi connectivity index (χ1n) is 8.28. The average molecular weight is 500 g/mol. The Labute approximate surface area is 172 Å². The molecule has 0 aliphatic rings. The molecule has 0 N–H and O–H groups in total. The highest BCUT2D eigenvalue weighted by atomic mass is 127. The minimum Gasteiger partial charge on any atom is -0.497 e. The van der Waals surface area contributed by atoms with E-state index >= 15 is 0 Å². The third-order valence-electron chi connectivity index (χ3n) is 3.58. The van der Waals surface area contributed by atoms with E-state index in [0.29, 0.717) is 0 Å². The van der Waals surface area contributed by atoms with Crippen LogP contribution in [0.5, 0.6) is 5.75 Å². The first kappa shape index (κ1) is 22.0. The van der Waals surface area contributed by atoms with E-state index in [4.69, 9.17) is 4.74 Å². The van der Waals surface area contributed by atoms with Gasteiger partial charge in [-0.15, -0.1) is 0 Å². The zero-order chi connectivity index (χ0) is 20.6. The van der Waals surface area contributed by atoms with Gasteiger partial charge in [0, 0.05) is 5.56 Å². The highest BCUT2D eigenvalue weighted by Gasteiger charge is 2.21. The minimum absolute atomic E-state index is 0.253. The molecular weight excluding hydrogens is 482 g/mol. The molecule has 0 aliphatic heterocycles. The van der Waals surface area contributed by atoms with Crippen molar-refractivity contribution in [1.29, 1.82) is 0 Å². The average Bonchev–Trinajstić information content (AvgIpc) is 2.68. The molecule has 0 saturated carbocycles. The van der Waals surface area contributed by atoms with Gasteiger partial charge in [0.15, 0.2) is 3.57 Å². The number of benzene rings is 3. The van der Waals surface area contributed by atoms with Gasteiger partial charge in [-0.25, -0.2) is 0 Å². The molecule has 0 amide bonds. The molecule has 146 valence electrons. The number of ether oxygens (including phenoxy) is 1. The molecule has 0 unspecified atom stereocenters. The summed E-state index contributed by atoms with van der Waals surface area (Å²) in [5.74, 6) is 0.903. The van der Waals surface area contributed by atoms with Gasteiger partial charge in [0.1, 0.15) is 5.75 Å². The lowest BCUT2D eigenvalue weighted by Gasteiger charge is -2.06. The maximum Gasteiger partial charge on any atom is 0.673 e. The smallest absolute Gasteiger partial charge is 0.497 e. The summed E-state index contributed by atoms with van der Waals surface area (Å²) in [5.41, 5.74) is 3.52. The first-order valence-corrected chi connectivity index (χ1v) is 10.4. The van der Waals surface area contributed by atoms with E-state index in [1.807, 2.05) is 18.2 Å². The van der Waals surface area contributed by atoms with Crippen molar-refractivity contribution in [1.82, 2.24) is 0 Å². The number of hydrogen-bond acceptors (Lipinski definition) is 1. The number of rotatable bonds is 5. The van der Waals surface area contributed by atoms with Crippen LogP contribution < -0.4 is 25.9 Å². The SMILES string of the molecule is C=C(c1ccccc1)c1ccccc1[I+]c1ccc(OC)cc1.F[B-](F)(F)F. The first-order chi connectivity index (χ1) is 13.3. The lowest BCUT2D eigenvalue weighted by Crippen LogP contribution is -3.61. The maximum absolute atomic E-state index is 9.75.